The van der Waals surface area contributed by atoms with E-state index in [4.69, 9.17) is 23.2 Å². The van der Waals surface area contributed by atoms with Gasteiger partial charge in [-0.05, 0) is 31.4 Å². The van der Waals surface area contributed by atoms with Crippen molar-refractivity contribution in [1.29, 1.82) is 0 Å². The Labute approximate surface area is 114 Å². The first kappa shape index (κ1) is 14.7. The first-order chi connectivity index (χ1) is 7.83. The molecule has 0 aliphatic rings. The molecule has 0 bridgehead atoms. The number of hydrogen-bond donors (Lipinski definition) is 1. The third-order valence-corrected chi connectivity index (χ3v) is 3.21. The molecular formula is C13H20Cl2N2. The van der Waals surface area contributed by atoms with Gasteiger partial charge in [-0.3, -0.25) is 4.98 Å². The van der Waals surface area contributed by atoms with E-state index in [-0.39, 0.29) is 6.04 Å². The lowest BCUT2D eigenvalue weighted by Crippen LogP contribution is -2.20. The Balaban J connectivity index is 2.79. The van der Waals surface area contributed by atoms with Crippen LogP contribution in [0.15, 0.2) is 12.3 Å². The Morgan fingerprint density at radius 1 is 1.35 bits per heavy atom. The molecule has 0 aliphatic heterocycles. The van der Waals surface area contributed by atoms with Crippen LogP contribution in [0.2, 0.25) is 10.0 Å². The summed E-state index contributed by atoms with van der Waals surface area (Å²) in [4.78, 5) is 4.32. The molecule has 0 saturated carbocycles. The number of nitrogens with zero attached hydrogens (tertiary/aromatic N) is 1. The van der Waals surface area contributed by atoms with Crippen molar-refractivity contribution in [1.82, 2.24) is 10.3 Å². The second-order valence-electron chi connectivity index (χ2n) is 5.46. The third kappa shape index (κ3) is 4.82. The summed E-state index contributed by atoms with van der Waals surface area (Å²) in [6.07, 6.45) is 3.76. The second kappa shape index (κ2) is 6.03. The molecule has 0 aliphatic carbocycles. The van der Waals surface area contributed by atoms with E-state index < -0.39 is 0 Å². The van der Waals surface area contributed by atoms with Crippen molar-refractivity contribution in [3.63, 3.8) is 0 Å². The predicted molar refractivity (Wildman–Crippen MR) is 74.7 cm³/mol. The lowest BCUT2D eigenvalue weighted by atomic mass is 9.88. The number of aromatic nitrogens is 1. The SMILES string of the molecule is CNC(CCC(C)(C)C)c1ncc(Cl)cc1Cl. The van der Waals surface area contributed by atoms with Crippen molar-refractivity contribution in [3.05, 3.63) is 28.0 Å². The van der Waals surface area contributed by atoms with Crippen LogP contribution in [0.4, 0.5) is 0 Å². The molecule has 0 aromatic carbocycles. The number of rotatable bonds is 4. The average Bonchev–Trinajstić information content (AvgIpc) is 2.19. The molecule has 0 fully saturated rings. The van der Waals surface area contributed by atoms with Gasteiger partial charge in [0, 0.05) is 6.20 Å². The summed E-state index contributed by atoms with van der Waals surface area (Å²) < 4.78 is 0. The normalized spacial score (nSPS) is 13.8. The monoisotopic (exact) mass is 274 g/mol. The van der Waals surface area contributed by atoms with Gasteiger partial charge in [-0.2, -0.15) is 0 Å². The summed E-state index contributed by atoms with van der Waals surface area (Å²) >= 11 is 12.0. The fraction of sp³-hybridized carbons (Fsp3) is 0.615. The zero-order valence-electron chi connectivity index (χ0n) is 10.8. The Bertz CT molecular complexity index is 372. The number of hydrogen-bond acceptors (Lipinski definition) is 2. The van der Waals surface area contributed by atoms with Gasteiger partial charge < -0.3 is 5.32 Å². The van der Waals surface area contributed by atoms with Crippen LogP contribution in [0.3, 0.4) is 0 Å². The Kier molecular flexibility index (Phi) is 5.23. The predicted octanol–water partition coefficient (Wildman–Crippen LogP) is 4.48. The first-order valence-electron chi connectivity index (χ1n) is 5.81. The lowest BCUT2D eigenvalue weighted by Gasteiger charge is -2.23. The summed E-state index contributed by atoms with van der Waals surface area (Å²) in [7, 11) is 1.93. The van der Waals surface area contributed by atoms with Crippen LogP contribution >= 0.6 is 23.2 Å². The summed E-state index contributed by atoms with van der Waals surface area (Å²) in [6.45, 7) is 6.70. The molecule has 1 heterocycles. The van der Waals surface area contributed by atoms with Crippen molar-refractivity contribution in [2.45, 2.75) is 39.7 Å². The van der Waals surface area contributed by atoms with Gasteiger partial charge in [0.1, 0.15) is 0 Å². The number of halogens is 2. The molecular weight excluding hydrogens is 255 g/mol. The second-order valence-corrected chi connectivity index (χ2v) is 6.30. The smallest absolute Gasteiger partial charge is 0.0760 e. The highest BCUT2D eigenvalue weighted by atomic mass is 35.5. The summed E-state index contributed by atoms with van der Waals surface area (Å²) in [5.41, 5.74) is 1.19. The van der Waals surface area contributed by atoms with Gasteiger partial charge in [0.2, 0.25) is 0 Å². The Hall–Kier alpha value is -0.310. The van der Waals surface area contributed by atoms with E-state index in [9.17, 15) is 0 Å². The molecule has 1 aromatic rings. The van der Waals surface area contributed by atoms with Crippen molar-refractivity contribution in [2.24, 2.45) is 5.41 Å². The van der Waals surface area contributed by atoms with E-state index in [1.54, 1.807) is 12.3 Å². The quantitative estimate of drug-likeness (QED) is 0.876. The summed E-state index contributed by atoms with van der Waals surface area (Å²) in [5.74, 6) is 0. The van der Waals surface area contributed by atoms with Gasteiger partial charge in [-0.15, -0.1) is 0 Å². The fourth-order valence-corrected chi connectivity index (χ4v) is 2.19. The van der Waals surface area contributed by atoms with Crippen LogP contribution in [0.5, 0.6) is 0 Å². The molecule has 1 N–H and O–H groups in total. The Morgan fingerprint density at radius 3 is 2.47 bits per heavy atom. The summed E-state index contributed by atoms with van der Waals surface area (Å²) in [6, 6.07) is 1.92. The van der Waals surface area contributed by atoms with Gasteiger partial charge in [0.25, 0.3) is 0 Å². The van der Waals surface area contributed by atoms with Gasteiger partial charge in [0.15, 0.2) is 0 Å². The van der Waals surface area contributed by atoms with Crippen LogP contribution < -0.4 is 5.32 Å². The largest absolute Gasteiger partial charge is 0.312 e. The third-order valence-electron chi connectivity index (χ3n) is 2.70. The van der Waals surface area contributed by atoms with E-state index in [1.165, 1.54) is 0 Å². The van der Waals surface area contributed by atoms with Gasteiger partial charge in [-0.1, -0.05) is 44.0 Å². The highest BCUT2D eigenvalue weighted by molar-refractivity contribution is 6.34. The van der Waals surface area contributed by atoms with Crippen molar-refractivity contribution >= 4 is 23.2 Å². The zero-order valence-corrected chi connectivity index (χ0v) is 12.4. The minimum atomic E-state index is 0.180. The molecule has 96 valence electrons. The highest BCUT2D eigenvalue weighted by Crippen LogP contribution is 2.30. The molecule has 0 spiro atoms. The van der Waals surface area contributed by atoms with E-state index in [1.807, 2.05) is 7.05 Å². The maximum atomic E-state index is 6.17. The van der Waals surface area contributed by atoms with Gasteiger partial charge >= 0.3 is 0 Å². The molecule has 0 amide bonds. The van der Waals surface area contributed by atoms with Crippen molar-refractivity contribution in [2.75, 3.05) is 7.05 Å². The van der Waals surface area contributed by atoms with Crippen LogP contribution in [0, 0.1) is 5.41 Å². The molecule has 0 saturated heterocycles. The molecule has 17 heavy (non-hydrogen) atoms. The van der Waals surface area contributed by atoms with E-state index in [2.05, 4.69) is 31.1 Å². The van der Waals surface area contributed by atoms with Crippen molar-refractivity contribution in [3.8, 4) is 0 Å². The lowest BCUT2D eigenvalue weighted by molar-refractivity contribution is 0.336. The minimum Gasteiger partial charge on any atom is -0.312 e. The highest BCUT2D eigenvalue weighted by Gasteiger charge is 2.18. The number of nitrogens with one attached hydrogen (secondary N) is 1. The maximum absolute atomic E-state index is 6.17. The Morgan fingerprint density at radius 2 is 2.00 bits per heavy atom. The van der Waals surface area contributed by atoms with E-state index in [0.717, 1.165) is 18.5 Å². The van der Waals surface area contributed by atoms with Crippen LogP contribution in [-0.2, 0) is 0 Å². The van der Waals surface area contributed by atoms with Gasteiger partial charge in [-0.25, -0.2) is 0 Å². The van der Waals surface area contributed by atoms with Crippen LogP contribution in [-0.4, -0.2) is 12.0 Å². The first-order valence-corrected chi connectivity index (χ1v) is 6.57. The molecule has 4 heteroatoms. The molecule has 0 radical (unpaired) electrons. The van der Waals surface area contributed by atoms with E-state index >= 15 is 0 Å². The molecule has 1 rings (SSSR count). The topological polar surface area (TPSA) is 24.9 Å². The average molecular weight is 275 g/mol. The van der Waals surface area contributed by atoms with Gasteiger partial charge in [0.05, 0.1) is 21.8 Å². The van der Waals surface area contributed by atoms with E-state index in [0.29, 0.717) is 15.5 Å². The van der Waals surface area contributed by atoms with Crippen molar-refractivity contribution < 1.29 is 0 Å². The van der Waals surface area contributed by atoms with Crippen LogP contribution in [0.25, 0.3) is 0 Å². The summed E-state index contributed by atoms with van der Waals surface area (Å²) in [5, 5.41) is 4.47. The maximum Gasteiger partial charge on any atom is 0.0760 e. The molecule has 1 unspecified atom stereocenters. The molecule has 2 nitrogen and oxygen atoms in total. The zero-order chi connectivity index (χ0) is 13.1. The fourth-order valence-electron chi connectivity index (χ4n) is 1.68. The van der Waals surface area contributed by atoms with Crippen LogP contribution in [0.1, 0.15) is 45.3 Å². The number of pyridine rings is 1. The molecule has 1 aromatic heterocycles. The standard InChI is InChI=1S/C13H20Cl2N2/c1-13(2,3)6-5-11(16-4)12-10(15)7-9(14)8-17-12/h7-8,11,16H,5-6H2,1-4H3. The molecule has 1 atom stereocenters. The minimum absolute atomic E-state index is 0.180.